The second-order valence-corrected chi connectivity index (χ2v) is 5.16. The van der Waals surface area contributed by atoms with E-state index in [0.717, 1.165) is 0 Å². The smallest absolute Gasteiger partial charge is 0.125 e. The second-order valence-electron chi connectivity index (χ2n) is 4.35. The van der Waals surface area contributed by atoms with E-state index < -0.39 is 11.9 Å². The van der Waals surface area contributed by atoms with E-state index in [9.17, 15) is 9.50 Å². The maximum atomic E-state index is 13.2. The largest absolute Gasteiger partial charge is 0.488 e. The Bertz CT molecular complexity index is 595. The Balaban J connectivity index is 2.23. The predicted molar refractivity (Wildman–Crippen MR) is 77.8 cm³/mol. The van der Waals surface area contributed by atoms with Crippen LogP contribution in [0, 0.1) is 5.82 Å². The molecule has 2 rings (SSSR count). The monoisotopic (exact) mass is 314 g/mol. The molecule has 2 aromatic carbocycles. The number of aliphatic hydroxyl groups excluding tert-OH is 1. The first-order valence-electron chi connectivity index (χ1n) is 6.02. The summed E-state index contributed by atoms with van der Waals surface area (Å²) in [5.41, 5.74) is 1.03. The van der Waals surface area contributed by atoms with Gasteiger partial charge in [-0.1, -0.05) is 29.3 Å². The van der Waals surface area contributed by atoms with Crippen LogP contribution in [0.4, 0.5) is 4.39 Å². The standard InChI is InChI=1S/C15H13Cl2FO2/c1-9(19)11-7-10(18)5-6-15(11)20-8-12-13(16)3-2-4-14(12)17/h2-7,9,19H,8H2,1H3/t9-/m1/s1. The summed E-state index contributed by atoms with van der Waals surface area (Å²) in [4.78, 5) is 0. The summed E-state index contributed by atoms with van der Waals surface area (Å²) >= 11 is 12.1. The molecule has 0 aliphatic heterocycles. The fourth-order valence-corrected chi connectivity index (χ4v) is 2.30. The Labute approximate surface area is 126 Å². The number of rotatable bonds is 4. The lowest BCUT2D eigenvalue weighted by atomic mass is 10.1. The molecule has 0 aromatic heterocycles. The molecule has 5 heteroatoms. The van der Waals surface area contributed by atoms with Gasteiger partial charge in [-0.2, -0.15) is 0 Å². The van der Waals surface area contributed by atoms with E-state index in [4.69, 9.17) is 27.9 Å². The Hall–Kier alpha value is -1.29. The molecular weight excluding hydrogens is 302 g/mol. The first kappa shape index (κ1) is 15.1. The highest BCUT2D eigenvalue weighted by Gasteiger charge is 2.12. The molecule has 2 nitrogen and oxygen atoms in total. The zero-order valence-corrected chi connectivity index (χ0v) is 12.2. The molecule has 0 fully saturated rings. The highest BCUT2D eigenvalue weighted by Crippen LogP contribution is 2.29. The first-order chi connectivity index (χ1) is 9.49. The average molecular weight is 315 g/mol. The number of ether oxygens (including phenoxy) is 1. The maximum Gasteiger partial charge on any atom is 0.125 e. The molecule has 20 heavy (non-hydrogen) atoms. The van der Waals surface area contributed by atoms with Crippen LogP contribution in [0.5, 0.6) is 5.75 Å². The van der Waals surface area contributed by atoms with Gasteiger partial charge in [0.25, 0.3) is 0 Å². The third-order valence-corrected chi connectivity index (χ3v) is 3.56. The number of hydrogen-bond acceptors (Lipinski definition) is 2. The van der Waals surface area contributed by atoms with Crippen LogP contribution < -0.4 is 4.74 Å². The van der Waals surface area contributed by atoms with E-state index >= 15 is 0 Å². The van der Waals surface area contributed by atoms with Crippen molar-refractivity contribution in [3.8, 4) is 5.75 Å². The van der Waals surface area contributed by atoms with Crippen molar-refractivity contribution in [3.05, 3.63) is 63.4 Å². The summed E-state index contributed by atoms with van der Waals surface area (Å²) in [5, 5.41) is 10.6. The minimum atomic E-state index is -0.831. The van der Waals surface area contributed by atoms with Crippen LogP contribution in [0.3, 0.4) is 0 Å². The van der Waals surface area contributed by atoms with Crippen molar-refractivity contribution in [2.45, 2.75) is 19.6 Å². The van der Waals surface area contributed by atoms with Crippen LogP contribution in [0.25, 0.3) is 0 Å². The summed E-state index contributed by atoms with van der Waals surface area (Å²) in [6, 6.07) is 9.16. The van der Waals surface area contributed by atoms with E-state index in [-0.39, 0.29) is 6.61 Å². The minimum absolute atomic E-state index is 0.143. The minimum Gasteiger partial charge on any atom is -0.488 e. The fraction of sp³-hybridized carbons (Fsp3) is 0.200. The molecule has 0 spiro atoms. The maximum absolute atomic E-state index is 13.2. The highest BCUT2D eigenvalue weighted by atomic mass is 35.5. The van der Waals surface area contributed by atoms with Crippen LogP contribution in [-0.2, 0) is 6.61 Å². The van der Waals surface area contributed by atoms with Crippen molar-refractivity contribution < 1.29 is 14.2 Å². The van der Waals surface area contributed by atoms with Gasteiger partial charge in [-0.05, 0) is 37.3 Å². The van der Waals surface area contributed by atoms with E-state index in [0.29, 0.717) is 26.9 Å². The van der Waals surface area contributed by atoms with Crippen LogP contribution in [0.1, 0.15) is 24.2 Å². The summed E-state index contributed by atoms with van der Waals surface area (Å²) in [6.07, 6.45) is -0.831. The van der Waals surface area contributed by atoms with Crippen molar-refractivity contribution in [1.29, 1.82) is 0 Å². The zero-order valence-electron chi connectivity index (χ0n) is 10.7. The highest BCUT2D eigenvalue weighted by molar-refractivity contribution is 6.35. The van der Waals surface area contributed by atoms with Gasteiger partial charge >= 0.3 is 0 Å². The summed E-state index contributed by atoms with van der Waals surface area (Å²) in [6.45, 7) is 1.69. The average Bonchev–Trinajstić information content (AvgIpc) is 2.39. The molecule has 2 aromatic rings. The number of hydrogen-bond donors (Lipinski definition) is 1. The van der Waals surface area contributed by atoms with E-state index in [2.05, 4.69) is 0 Å². The molecule has 0 saturated heterocycles. The quantitative estimate of drug-likeness (QED) is 0.881. The van der Waals surface area contributed by atoms with Crippen molar-refractivity contribution in [1.82, 2.24) is 0 Å². The van der Waals surface area contributed by atoms with Gasteiger partial charge in [0.05, 0.1) is 6.10 Å². The number of halogens is 3. The summed E-state index contributed by atoms with van der Waals surface area (Å²) < 4.78 is 18.8. The van der Waals surface area contributed by atoms with Crippen LogP contribution in [0.15, 0.2) is 36.4 Å². The third kappa shape index (κ3) is 3.42. The summed E-state index contributed by atoms with van der Waals surface area (Å²) in [7, 11) is 0. The fourth-order valence-electron chi connectivity index (χ4n) is 1.80. The molecule has 0 amide bonds. The third-order valence-electron chi connectivity index (χ3n) is 2.86. The lowest BCUT2D eigenvalue weighted by Gasteiger charge is -2.14. The van der Waals surface area contributed by atoms with E-state index in [1.165, 1.54) is 18.2 Å². The molecule has 0 unspecified atom stereocenters. The lowest BCUT2D eigenvalue weighted by Crippen LogP contribution is -2.02. The van der Waals surface area contributed by atoms with Gasteiger partial charge in [0.1, 0.15) is 18.2 Å². The molecular formula is C15H13Cl2FO2. The SMILES string of the molecule is C[C@@H](O)c1cc(F)ccc1OCc1c(Cl)cccc1Cl. The molecule has 0 bridgehead atoms. The van der Waals surface area contributed by atoms with E-state index in [1.807, 2.05) is 0 Å². The topological polar surface area (TPSA) is 29.5 Å². The van der Waals surface area contributed by atoms with Crippen LogP contribution in [0.2, 0.25) is 10.0 Å². The van der Waals surface area contributed by atoms with Gasteiger partial charge in [0, 0.05) is 21.2 Å². The Morgan fingerprint density at radius 1 is 1.20 bits per heavy atom. The van der Waals surface area contributed by atoms with Crippen molar-refractivity contribution in [2.75, 3.05) is 0 Å². The summed E-state index contributed by atoms with van der Waals surface area (Å²) in [5.74, 6) is -0.0265. The first-order valence-corrected chi connectivity index (χ1v) is 6.78. The number of aliphatic hydroxyl groups is 1. The van der Waals surface area contributed by atoms with E-state index in [1.54, 1.807) is 25.1 Å². The molecule has 106 valence electrons. The number of benzene rings is 2. The Kier molecular flexibility index (Phi) is 4.86. The van der Waals surface area contributed by atoms with Gasteiger partial charge in [-0.15, -0.1) is 0 Å². The predicted octanol–water partition coefficient (Wildman–Crippen LogP) is 4.76. The van der Waals surface area contributed by atoms with Gasteiger partial charge in [0.2, 0.25) is 0 Å². The molecule has 0 heterocycles. The van der Waals surface area contributed by atoms with Crippen LogP contribution in [-0.4, -0.2) is 5.11 Å². The molecule has 1 atom stereocenters. The Morgan fingerprint density at radius 2 is 1.85 bits per heavy atom. The van der Waals surface area contributed by atoms with Gasteiger partial charge in [0.15, 0.2) is 0 Å². The lowest BCUT2D eigenvalue weighted by molar-refractivity contribution is 0.189. The molecule has 0 aliphatic carbocycles. The second kappa shape index (κ2) is 6.44. The van der Waals surface area contributed by atoms with Gasteiger partial charge in [-0.3, -0.25) is 0 Å². The van der Waals surface area contributed by atoms with Gasteiger partial charge in [-0.25, -0.2) is 4.39 Å². The zero-order chi connectivity index (χ0) is 14.7. The van der Waals surface area contributed by atoms with Gasteiger partial charge < -0.3 is 9.84 Å². The normalized spacial score (nSPS) is 12.2. The molecule has 0 aliphatic rings. The van der Waals surface area contributed by atoms with Crippen molar-refractivity contribution in [2.24, 2.45) is 0 Å². The van der Waals surface area contributed by atoms with Crippen LogP contribution >= 0.6 is 23.2 Å². The molecule has 1 N–H and O–H groups in total. The Morgan fingerprint density at radius 3 is 2.45 bits per heavy atom. The molecule has 0 radical (unpaired) electrons. The van der Waals surface area contributed by atoms with Crippen molar-refractivity contribution >= 4 is 23.2 Å². The van der Waals surface area contributed by atoms with Crippen molar-refractivity contribution in [3.63, 3.8) is 0 Å². The molecule has 0 saturated carbocycles.